The second-order valence-corrected chi connectivity index (χ2v) is 6.73. The highest BCUT2D eigenvalue weighted by Crippen LogP contribution is 2.28. The molecule has 0 amide bonds. The Morgan fingerprint density at radius 3 is 2.67 bits per heavy atom. The number of benzene rings is 1. The van der Waals surface area contributed by atoms with Gasteiger partial charge in [0.25, 0.3) is 0 Å². The summed E-state index contributed by atoms with van der Waals surface area (Å²) in [4.78, 5) is 0. The van der Waals surface area contributed by atoms with Crippen LogP contribution in [0.15, 0.2) is 34.9 Å². The Labute approximate surface area is 135 Å². The van der Waals surface area contributed by atoms with Crippen LogP contribution >= 0.6 is 23.2 Å². The molecule has 0 fully saturated rings. The van der Waals surface area contributed by atoms with E-state index in [0.717, 1.165) is 17.9 Å². The number of halogens is 2. The summed E-state index contributed by atoms with van der Waals surface area (Å²) in [6, 6.07) is 7.09. The van der Waals surface area contributed by atoms with Gasteiger partial charge in [-0.3, -0.25) is 0 Å². The van der Waals surface area contributed by atoms with Crippen LogP contribution in [0.4, 0.5) is 0 Å². The van der Waals surface area contributed by atoms with Crippen LogP contribution in [0.3, 0.4) is 0 Å². The van der Waals surface area contributed by atoms with Gasteiger partial charge in [0.15, 0.2) is 0 Å². The molecule has 5 heteroatoms. The van der Waals surface area contributed by atoms with Gasteiger partial charge in [-0.05, 0) is 39.0 Å². The molecule has 1 aromatic carbocycles. The molecule has 0 bridgehead atoms. The molecular weight excluding hydrogens is 309 g/mol. The van der Waals surface area contributed by atoms with Gasteiger partial charge in [0.2, 0.25) is 0 Å². The molecule has 0 aliphatic carbocycles. The lowest BCUT2D eigenvalue weighted by Crippen LogP contribution is -2.34. The fraction of sp³-hybridized carbons (Fsp3) is 0.375. The third-order valence-corrected chi connectivity index (χ3v) is 3.34. The topological polar surface area (TPSA) is 34.4 Å². The van der Waals surface area contributed by atoms with Crippen LogP contribution in [-0.4, -0.2) is 5.54 Å². The van der Waals surface area contributed by atoms with E-state index in [-0.39, 0.29) is 5.54 Å². The van der Waals surface area contributed by atoms with Crippen molar-refractivity contribution in [3.8, 4) is 5.75 Å². The van der Waals surface area contributed by atoms with Gasteiger partial charge in [-0.15, -0.1) is 0 Å². The third kappa shape index (κ3) is 5.27. The van der Waals surface area contributed by atoms with E-state index in [0.29, 0.717) is 22.4 Å². The Hall–Kier alpha value is -1.16. The van der Waals surface area contributed by atoms with Crippen molar-refractivity contribution in [2.45, 2.75) is 39.5 Å². The lowest BCUT2D eigenvalue weighted by atomic mass is 10.1. The first-order valence-electron chi connectivity index (χ1n) is 6.73. The Morgan fingerprint density at radius 1 is 1.19 bits per heavy atom. The highest BCUT2D eigenvalue weighted by molar-refractivity contribution is 6.34. The second-order valence-electron chi connectivity index (χ2n) is 5.89. The molecule has 3 nitrogen and oxygen atoms in total. The number of ether oxygens (including phenoxy) is 1. The van der Waals surface area contributed by atoms with E-state index in [2.05, 4.69) is 26.1 Å². The van der Waals surface area contributed by atoms with Crippen molar-refractivity contribution >= 4 is 23.2 Å². The van der Waals surface area contributed by atoms with Crippen molar-refractivity contribution in [2.24, 2.45) is 0 Å². The zero-order valence-corrected chi connectivity index (χ0v) is 13.9. The summed E-state index contributed by atoms with van der Waals surface area (Å²) in [6.45, 7) is 7.44. The number of nitrogens with one attached hydrogen (secondary N) is 1. The van der Waals surface area contributed by atoms with Crippen LogP contribution in [0, 0.1) is 0 Å². The van der Waals surface area contributed by atoms with E-state index in [1.807, 2.05) is 6.07 Å². The minimum atomic E-state index is 0.0717. The first-order chi connectivity index (χ1) is 9.83. The minimum Gasteiger partial charge on any atom is -0.484 e. The molecule has 0 radical (unpaired) electrons. The molecule has 0 unspecified atom stereocenters. The van der Waals surface area contributed by atoms with Gasteiger partial charge in [-0.2, -0.15) is 0 Å². The monoisotopic (exact) mass is 327 g/mol. The molecule has 1 N–H and O–H groups in total. The summed E-state index contributed by atoms with van der Waals surface area (Å²) < 4.78 is 11.1. The maximum atomic E-state index is 6.04. The highest BCUT2D eigenvalue weighted by Gasteiger charge is 2.10. The van der Waals surface area contributed by atoms with Crippen molar-refractivity contribution in [2.75, 3.05) is 0 Å². The molecule has 2 rings (SSSR count). The zero-order chi connectivity index (χ0) is 15.5. The third-order valence-electron chi connectivity index (χ3n) is 2.79. The maximum Gasteiger partial charge on any atom is 0.146 e. The number of hydrogen-bond donors (Lipinski definition) is 1. The maximum absolute atomic E-state index is 6.04. The normalized spacial score (nSPS) is 11.7. The highest BCUT2D eigenvalue weighted by atomic mass is 35.5. The van der Waals surface area contributed by atoms with Crippen molar-refractivity contribution < 1.29 is 9.15 Å². The standard InChI is InChI=1S/C16H19Cl2NO2/c1-16(2,3)19-8-11-6-13(20-9-11)10-21-15-7-12(17)4-5-14(15)18/h4-7,9,19H,8,10H2,1-3H3. The number of furan rings is 1. The fourth-order valence-corrected chi connectivity index (χ4v) is 2.03. The van der Waals surface area contributed by atoms with E-state index in [1.54, 1.807) is 24.5 Å². The van der Waals surface area contributed by atoms with Crippen LogP contribution < -0.4 is 10.1 Å². The van der Waals surface area contributed by atoms with Crippen molar-refractivity contribution in [1.29, 1.82) is 0 Å². The van der Waals surface area contributed by atoms with Crippen molar-refractivity contribution in [1.82, 2.24) is 5.32 Å². The summed E-state index contributed by atoms with van der Waals surface area (Å²) >= 11 is 12.0. The summed E-state index contributed by atoms with van der Waals surface area (Å²) in [5, 5.41) is 4.52. The van der Waals surface area contributed by atoms with Crippen molar-refractivity contribution in [3.05, 3.63) is 51.9 Å². The lowest BCUT2D eigenvalue weighted by molar-refractivity contribution is 0.270. The predicted molar refractivity (Wildman–Crippen MR) is 86.1 cm³/mol. The molecule has 114 valence electrons. The average Bonchev–Trinajstić information content (AvgIpc) is 2.85. The van der Waals surface area contributed by atoms with E-state index in [4.69, 9.17) is 32.4 Å². The molecule has 0 saturated carbocycles. The van der Waals surface area contributed by atoms with Gasteiger partial charge < -0.3 is 14.5 Å². The van der Waals surface area contributed by atoms with Gasteiger partial charge in [-0.25, -0.2) is 0 Å². The Kier molecular flexibility index (Phi) is 5.20. The van der Waals surface area contributed by atoms with E-state index in [9.17, 15) is 0 Å². The summed E-state index contributed by atoms with van der Waals surface area (Å²) in [5.74, 6) is 1.30. The molecule has 1 heterocycles. The smallest absolute Gasteiger partial charge is 0.146 e. The molecule has 0 spiro atoms. The second kappa shape index (κ2) is 6.73. The Morgan fingerprint density at radius 2 is 1.95 bits per heavy atom. The predicted octanol–water partition coefficient (Wildman–Crippen LogP) is 5.05. The molecule has 0 aliphatic heterocycles. The van der Waals surface area contributed by atoms with Crippen LogP contribution in [0.2, 0.25) is 10.0 Å². The fourth-order valence-electron chi connectivity index (χ4n) is 1.70. The lowest BCUT2D eigenvalue weighted by Gasteiger charge is -2.19. The molecule has 2 aromatic rings. The molecule has 0 atom stereocenters. The van der Waals surface area contributed by atoms with Crippen molar-refractivity contribution in [3.63, 3.8) is 0 Å². The Bertz CT molecular complexity index is 603. The SMILES string of the molecule is CC(C)(C)NCc1coc(COc2cc(Cl)ccc2Cl)c1. The van der Waals surface area contributed by atoms with Gasteiger partial charge >= 0.3 is 0 Å². The van der Waals surface area contributed by atoms with Crippen LogP contribution in [0.1, 0.15) is 32.1 Å². The van der Waals surface area contributed by atoms with E-state index in [1.165, 1.54) is 0 Å². The molecule has 21 heavy (non-hydrogen) atoms. The van der Waals surface area contributed by atoms with Crippen LogP contribution in [0.5, 0.6) is 5.75 Å². The first kappa shape index (κ1) is 16.2. The number of rotatable bonds is 5. The van der Waals surface area contributed by atoms with Gasteiger partial charge in [0.1, 0.15) is 18.1 Å². The molecule has 1 aromatic heterocycles. The van der Waals surface area contributed by atoms with Gasteiger partial charge in [0, 0.05) is 28.7 Å². The summed E-state index contributed by atoms with van der Waals surface area (Å²) in [5.41, 5.74) is 1.16. The zero-order valence-electron chi connectivity index (χ0n) is 12.4. The largest absolute Gasteiger partial charge is 0.484 e. The van der Waals surface area contributed by atoms with Crippen LogP contribution in [0.25, 0.3) is 0 Å². The van der Waals surface area contributed by atoms with E-state index >= 15 is 0 Å². The van der Waals surface area contributed by atoms with Gasteiger partial charge in [0.05, 0.1) is 11.3 Å². The first-order valence-corrected chi connectivity index (χ1v) is 7.48. The minimum absolute atomic E-state index is 0.0717. The van der Waals surface area contributed by atoms with E-state index < -0.39 is 0 Å². The Balaban J connectivity index is 1.92. The van der Waals surface area contributed by atoms with Gasteiger partial charge in [-0.1, -0.05) is 23.2 Å². The quantitative estimate of drug-likeness (QED) is 0.834. The average molecular weight is 328 g/mol. The summed E-state index contributed by atoms with van der Waals surface area (Å²) in [6.07, 6.45) is 1.73. The molecular formula is C16H19Cl2NO2. The molecule has 0 aliphatic rings. The molecule has 0 saturated heterocycles. The van der Waals surface area contributed by atoms with Crippen LogP contribution in [-0.2, 0) is 13.2 Å². The number of hydrogen-bond acceptors (Lipinski definition) is 3. The summed E-state index contributed by atoms with van der Waals surface area (Å²) in [7, 11) is 0.